The first kappa shape index (κ1) is 76.9. The Morgan fingerprint density at radius 3 is 1.27 bits per heavy atom. The summed E-state index contributed by atoms with van der Waals surface area (Å²) in [6.45, 7) is 42.5. The van der Waals surface area contributed by atoms with Crippen molar-refractivity contribution >= 4 is 68.7 Å². The average Bonchev–Trinajstić information content (AvgIpc) is 1.28. The number of fused-ring (bicyclic) bond motifs is 1. The van der Waals surface area contributed by atoms with Gasteiger partial charge in [0.2, 0.25) is 5.13 Å². The summed E-state index contributed by atoms with van der Waals surface area (Å²) < 4.78 is 61.8. The number of thiazole rings is 1. The molecule has 0 radical (unpaired) electrons. The fourth-order valence-corrected chi connectivity index (χ4v) is 12.6. The number of esters is 6. The first-order valence-electron chi connectivity index (χ1n) is 31.3. The number of benzene rings is 4. The molecule has 0 aliphatic rings. The number of hydrogen-bond acceptors (Lipinski definition) is 21. The Hall–Kier alpha value is -8.82. The van der Waals surface area contributed by atoms with E-state index in [4.69, 9.17) is 57.5 Å². The highest BCUT2D eigenvalue weighted by atomic mass is 32.1. The number of carbonyl (C=O) groups is 6. The number of hydrazone groups is 1. The zero-order chi connectivity index (χ0) is 71.0. The van der Waals surface area contributed by atoms with Gasteiger partial charge in [-0.3, -0.25) is 0 Å². The van der Waals surface area contributed by atoms with Crippen LogP contribution in [0.4, 0.5) is 5.13 Å². The molecular weight excluding hydrogens is 1230 g/mol. The van der Waals surface area contributed by atoms with E-state index in [0.29, 0.717) is 10.7 Å². The van der Waals surface area contributed by atoms with Crippen molar-refractivity contribution in [3.05, 3.63) is 157 Å². The molecule has 0 fully saturated rings. The highest BCUT2D eigenvalue weighted by Gasteiger charge is 2.39. The lowest BCUT2D eigenvalue weighted by molar-refractivity contribution is -0.155. The predicted octanol–water partition coefficient (Wildman–Crippen LogP) is 14.1. The molecule has 0 atom stereocenters. The van der Waals surface area contributed by atoms with Crippen LogP contribution >= 0.6 is 11.3 Å². The molecule has 0 saturated carbocycles. The summed E-state index contributed by atoms with van der Waals surface area (Å²) in [6, 6.07) is 22.7. The summed E-state index contributed by atoms with van der Waals surface area (Å²) in [7, 11) is 0. The van der Waals surface area contributed by atoms with Crippen molar-refractivity contribution in [2.75, 3.05) is 31.4 Å². The predicted molar refractivity (Wildman–Crippen MR) is 368 cm³/mol. The van der Waals surface area contributed by atoms with Gasteiger partial charge in [-0.25, -0.2) is 38.8 Å². The topological polar surface area (TPSA) is 243 Å². The van der Waals surface area contributed by atoms with Crippen LogP contribution in [-0.4, -0.2) is 123 Å². The number of anilines is 1. The van der Waals surface area contributed by atoms with Crippen LogP contribution in [0.3, 0.4) is 0 Å². The summed E-state index contributed by atoms with van der Waals surface area (Å²) in [4.78, 5) is 81.9. The Balaban J connectivity index is 1.44. The van der Waals surface area contributed by atoms with Crippen LogP contribution in [0.1, 0.15) is 174 Å². The molecule has 5 aromatic rings. The molecule has 0 bridgehead atoms. The van der Waals surface area contributed by atoms with Gasteiger partial charge in [0.15, 0.2) is 23.0 Å². The summed E-state index contributed by atoms with van der Waals surface area (Å²) in [6.07, 6.45) is 7.47. The van der Waals surface area contributed by atoms with Gasteiger partial charge in [-0.05, 0) is 182 Å². The van der Waals surface area contributed by atoms with Crippen LogP contribution in [0.15, 0.2) is 135 Å². The molecule has 4 aromatic carbocycles. The van der Waals surface area contributed by atoms with Gasteiger partial charge in [-0.15, -0.1) is 0 Å². The second kappa shape index (κ2) is 32.1. The lowest BCUT2D eigenvalue weighted by Crippen LogP contribution is -2.41. The van der Waals surface area contributed by atoms with Crippen LogP contribution in [0.25, 0.3) is 10.2 Å². The molecule has 0 amide bonds. The number of aliphatic hydroxyl groups is 1. The molecule has 1 aromatic heterocycles. The zero-order valence-electron chi connectivity index (χ0n) is 58.0. The van der Waals surface area contributed by atoms with E-state index in [9.17, 15) is 33.9 Å². The number of ether oxygens (including phenoxy) is 10. The quantitative estimate of drug-likeness (QED) is 0.0128. The number of aromatic nitrogens is 1. The van der Waals surface area contributed by atoms with Crippen LogP contribution < -0.4 is 24.0 Å². The Bertz CT molecular complexity index is 3590. The molecule has 0 aliphatic carbocycles. The lowest BCUT2D eigenvalue weighted by Gasteiger charge is -2.37. The fraction of sp³-hybridized carbons (Fsp3) is 0.459. The van der Waals surface area contributed by atoms with Crippen molar-refractivity contribution in [1.82, 2.24) is 4.98 Å². The largest absolute Gasteiger partial charge is 0.484 e. The maximum atomic E-state index is 14.1. The van der Waals surface area contributed by atoms with Gasteiger partial charge in [-0.2, -0.15) is 5.10 Å². The van der Waals surface area contributed by atoms with Gasteiger partial charge in [0, 0.05) is 62.8 Å². The maximum Gasteiger partial charge on any atom is 0.338 e. The Morgan fingerprint density at radius 2 is 0.884 bits per heavy atom. The van der Waals surface area contributed by atoms with Gasteiger partial charge in [0.1, 0.15) is 44.8 Å². The monoisotopic (exact) mass is 1330 g/mol. The number of carbonyl (C=O) groups excluding carboxylic acids is 6. The first-order chi connectivity index (χ1) is 44.1. The van der Waals surface area contributed by atoms with Gasteiger partial charge >= 0.3 is 35.8 Å². The van der Waals surface area contributed by atoms with Gasteiger partial charge in [0.25, 0.3) is 0 Å². The molecule has 5 rings (SSSR count). The number of aliphatic hydroxyl groups excluding tert-OH is 1. The highest BCUT2D eigenvalue weighted by Crippen LogP contribution is 2.41. The molecular formula is C74H95N3O17S. The summed E-state index contributed by atoms with van der Waals surface area (Å²) >= 11 is 1.42. The van der Waals surface area contributed by atoms with Gasteiger partial charge in [0.05, 0.1) is 53.9 Å². The van der Waals surface area contributed by atoms with E-state index in [0.717, 1.165) is 45.6 Å². The first-order valence-corrected chi connectivity index (χ1v) is 32.1. The summed E-state index contributed by atoms with van der Waals surface area (Å²) in [5.41, 5.74) is -4.53. The van der Waals surface area contributed by atoms with Crippen molar-refractivity contribution in [3.8, 4) is 23.0 Å². The molecule has 21 heteroatoms. The lowest BCUT2D eigenvalue weighted by atomic mass is 9.91. The van der Waals surface area contributed by atoms with E-state index in [1.165, 1.54) is 23.5 Å². The van der Waals surface area contributed by atoms with Crippen molar-refractivity contribution in [2.24, 2.45) is 5.10 Å². The van der Waals surface area contributed by atoms with E-state index in [2.05, 4.69) is 26.3 Å². The van der Waals surface area contributed by atoms with E-state index in [1.807, 2.05) is 97.9 Å². The van der Waals surface area contributed by atoms with E-state index in [-0.39, 0.29) is 99.0 Å². The summed E-state index contributed by atoms with van der Waals surface area (Å²) in [5.74, 6) is -2.69. The minimum absolute atomic E-state index is 0.0447. The van der Waals surface area contributed by atoms with Gasteiger partial charge < -0.3 is 52.5 Å². The molecule has 95 heavy (non-hydrogen) atoms. The third kappa shape index (κ3) is 25.1. The van der Waals surface area contributed by atoms with Crippen molar-refractivity contribution in [3.63, 3.8) is 0 Å². The van der Waals surface area contributed by atoms with Gasteiger partial charge in [-0.1, -0.05) is 61.9 Å². The standard InChI is InChI=1S/C74H95N3O17S/c1-21-60(79)91-71(13,14)45-67(5,6)87-55-33-31-51(42-57(55)89-69(9,10)47-73(17,18)93-62(81)23-3)64(83)85-39-35-49-29-30-50(53(41-49)44-75-77(37-38-78)66-76-54-27-25-26-28-59(54)95-66)36-40-86-65(84)52-32-34-56(88-68(7,8)46-72(15,16)92-61(80)22-2)58(43-52)90-70(11,12)48-74(19,20)94-63(82)24-4/h21-34,41-44,78H,1-4,35-40,45-48H2,5-20H3/b75-44+. The smallest absolute Gasteiger partial charge is 0.338 e. The van der Waals surface area contributed by atoms with Crippen LogP contribution in [0, 0.1) is 0 Å². The maximum absolute atomic E-state index is 14.1. The number of para-hydroxylation sites is 1. The van der Waals surface area contributed by atoms with Crippen molar-refractivity contribution in [2.45, 2.75) is 194 Å². The van der Waals surface area contributed by atoms with E-state index >= 15 is 0 Å². The molecule has 0 aliphatic heterocycles. The molecule has 0 spiro atoms. The fourth-order valence-electron chi connectivity index (χ4n) is 11.7. The second-order valence-corrected chi connectivity index (χ2v) is 28.9. The van der Waals surface area contributed by atoms with Crippen molar-refractivity contribution in [1.29, 1.82) is 0 Å². The molecule has 1 N–H and O–H groups in total. The normalized spacial score (nSPS) is 12.4. The Labute approximate surface area is 563 Å². The van der Waals surface area contributed by atoms with Crippen LogP contribution in [0.5, 0.6) is 23.0 Å². The Kier molecular flexibility index (Phi) is 26.0. The molecule has 0 saturated heterocycles. The Morgan fingerprint density at radius 1 is 0.495 bits per heavy atom. The average molecular weight is 1330 g/mol. The van der Waals surface area contributed by atoms with Crippen LogP contribution in [-0.2, 0) is 60.4 Å². The number of rotatable bonds is 37. The third-order valence-electron chi connectivity index (χ3n) is 14.1. The highest BCUT2D eigenvalue weighted by molar-refractivity contribution is 7.22. The number of nitrogens with zero attached hydrogens (tertiary/aromatic N) is 3. The van der Waals surface area contributed by atoms with E-state index in [1.54, 1.807) is 90.9 Å². The summed E-state index contributed by atoms with van der Waals surface area (Å²) in [5, 5.41) is 17.2. The SMILES string of the molecule is C=CC(=O)OC(C)(C)CC(C)(C)Oc1ccc(C(=O)OCCc2ccc(CCOC(=O)c3ccc(OC(C)(C)CC(C)(C)OC(=O)C=C)c(OC(C)(C)CC(C)(C)OC(=O)C=C)c3)c(/C=N/N(CCO)c3nc4ccccc4s3)c2)cc1OC(C)(C)CC(C)(C)OC(=O)C=C. The molecule has 20 nitrogen and oxygen atoms in total. The second-order valence-electron chi connectivity index (χ2n) is 27.9. The minimum atomic E-state index is -1.01. The molecule has 514 valence electrons. The van der Waals surface area contributed by atoms with E-state index < -0.39 is 80.6 Å². The third-order valence-corrected chi connectivity index (χ3v) is 15.1. The minimum Gasteiger partial charge on any atom is -0.484 e. The van der Waals surface area contributed by atoms with Crippen LogP contribution in [0.2, 0.25) is 0 Å². The molecule has 0 unspecified atom stereocenters. The zero-order valence-corrected chi connectivity index (χ0v) is 58.8. The van der Waals surface area contributed by atoms with Crippen molar-refractivity contribution < 1.29 is 81.2 Å². The number of hydrogen-bond donors (Lipinski definition) is 1. The molecule has 1 heterocycles.